The minimum Gasteiger partial charge on any atom is -0.438 e. The van der Waals surface area contributed by atoms with E-state index in [0.717, 1.165) is 21.6 Å². The molecule has 2 aromatic carbocycles. The van der Waals surface area contributed by atoms with E-state index in [1.807, 2.05) is 85.1 Å². The van der Waals surface area contributed by atoms with Crippen molar-refractivity contribution in [1.82, 2.24) is 15.0 Å². The summed E-state index contributed by atoms with van der Waals surface area (Å²) in [5.74, 6) is 1.41. The smallest absolute Gasteiger partial charge is 0.255 e. The maximum Gasteiger partial charge on any atom is 0.255 e. The van der Waals surface area contributed by atoms with E-state index in [0.29, 0.717) is 34.5 Å². The Hall–Kier alpha value is -4.56. The van der Waals surface area contributed by atoms with Crippen molar-refractivity contribution in [3.05, 3.63) is 102 Å². The molecule has 0 fully saturated rings. The van der Waals surface area contributed by atoms with Crippen LogP contribution in [0, 0.1) is 6.92 Å². The maximum atomic E-state index is 12.9. The molecule has 8 heteroatoms. The number of amides is 1. The zero-order chi connectivity index (χ0) is 24.9. The molecular formula is C28H23N5O2S. The lowest BCUT2D eigenvalue weighted by Gasteiger charge is -2.13. The first-order valence-electron chi connectivity index (χ1n) is 11.3. The number of benzene rings is 2. The number of aromatic nitrogens is 3. The van der Waals surface area contributed by atoms with Gasteiger partial charge in [0.1, 0.15) is 5.75 Å². The SMILES string of the molecule is CNc1nccc(-c2cccnc2Oc2ccc(NC(=O)c3cccc(-c4cccs4)c3)cc2C)n1. The molecular weight excluding hydrogens is 470 g/mol. The molecule has 0 aliphatic heterocycles. The highest BCUT2D eigenvalue weighted by Crippen LogP contribution is 2.33. The third-order valence-corrected chi connectivity index (χ3v) is 6.42. The molecule has 0 saturated heterocycles. The molecule has 1 amide bonds. The lowest BCUT2D eigenvalue weighted by atomic mass is 10.1. The van der Waals surface area contributed by atoms with Gasteiger partial charge >= 0.3 is 0 Å². The Balaban J connectivity index is 1.34. The van der Waals surface area contributed by atoms with Gasteiger partial charge in [0.25, 0.3) is 5.91 Å². The summed E-state index contributed by atoms with van der Waals surface area (Å²) in [6.07, 6.45) is 3.36. The van der Waals surface area contributed by atoms with Crippen LogP contribution in [0.25, 0.3) is 21.7 Å². The van der Waals surface area contributed by atoms with Gasteiger partial charge in [-0.3, -0.25) is 4.79 Å². The predicted molar refractivity (Wildman–Crippen MR) is 144 cm³/mol. The number of nitrogens with one attached hydrogen (secondary N) is 2. The van der Waals surface area contributed by atoms with Crippen LogP contribution in [0.4, 0.5) is 11.6 Å². The quantitative estimate of drug-likeness (QED) is 0.263. The first kappa shape index (κ1) is 23.2. The largest absolute Gasteiger partial charge is 0.438 e. The first-order valence-corrected chi connectivity index (χ1v) is 12.2. The van der Waals surface area contributed by atoms with E-state index in [1.165, 1.54) is 0 Å². The topological polar surface area (TPSA) is 89.0 Å². The molecule has 5 aromatic rings. The number of hydrogen-bond donors (Lipinski definition) is 2. The first-order chi connectivity index (χ1) is 17.6. The molecule has 178 valence electrons. The number of thiophene rings is 1. The second kappa shape index (κ2) is 10.4. The molecule has 0 saturated carbocycles. The van der Waals surface area contributed by atoms with Crippen LogP contribution in [-0.4, -0.2) is 27.9 Å². The zero-order valence-corrected chi connectivity index (χ0v) is 20.5. The van der Waals surface area contributed by atoms with Gasteiger partial charge in [-0.2, -0.15) is 0 Å². The Kier molecular flexibility index (Phi) is 6.68. The van der Waals surface area contributed by atoms with Crippen molar-refractivity contribution >= 4 is 28.9 Å². The molecule has 0 unspecified atom stereocenters. The van der Waals surface area contributed by atoms with Crippen molar-refractivity contribution in [2.75, 3.05) is 17.7 Å². The zero-order valence-electron chi connectivity index (χ0n) is 19.7. The third kappa shape index (κ3) is 5.08. The lowest BCUT2D eigenvalue weighted by Crippen LogP contribution is -2.12. The molecule has 3 aromatic heterocycles. The van der Waals surface area contributed by atoms with Crippen LogP contribution in [0.15, 0.2) is 90.6 Å². The van der Waals surface area contributed by atoms with Crippen LogP contribution in [0.5, 0.6) is 11.6 Å². The molecule has 0 aliphatic carbocycles. The molecule has 0 bridgehead atoms. The summed E-state index contributed by atoms with van der Waals surface area (Å²) in [6.45, 7) is 1.93. The van der Waals surface area contributed by atoms with Gasteiger partial charge in [-0.05, 0) is 78.0 Å². The summed E-state index contributed by atoms with van der Waals surface area (Å²) in [7, 11) is 1.77. The molecule has 0 spiro atoms. The monoisotopic (exact) mass is 493 g/mol. The summed E-state index contributed by atoms with van der Waals surface area (Å²) < 4.78 is 6.17. The molecule has 7 nitrogen and oxygen atoms in total. The average molecular weight is 494 g/mol. The van der Waals surface area contributed by atoms with Crippen LogP contribution in [-0.2, 0) is 0 Å². The number of anilines is 2. The van der Waals surface area contributed by atoms with Gasteiger partial charge in [-0.15, -0.1) is 11.3 Å². The van der Waals surface area contributed by atoms with Gasteiger partial charge in [-0.25, -0.2) is 15.0 Å². The maximum absolute atomic E-state index is 12.9. The van der Waals surface area contributed by atoms with Gasteiger partial charge in [0.2, 0.25) is 11.8 Å². The molecule has 5 rings (SSSR count). The molecule has 3 heterocycles. The Labute approximate surface area is 212 Å². The second-order valence-corrected chi connectivity index (χ2v) is 8.91. The fourth-order valence-corrected chi connectivity index (χ4v) is 4.43. The van der Waals surface area contributed by atoms with Crippen LogP contribution >= 0.6 is 11.3 Å². The highest BCUT2D eigenvalue weighted by molar-refractivity contribution is 7.13. The summed E-state index contributed by atoms with van der Waals surface area (Å²) >= 11 is 1.65. The number of carbonyl (C=O) groups excluding carboxylic acids is 1. The highest BCUT2D eigenvalue weighted by Gasteiger charge is 2.14. The van der Waals surface area contributed by atoms with Gasteiger partial charge in [0.05, 0.1) is 11.3 Å². The number of nitrogens with zero attached hydrogens (tertiary/aromatic N) is 3. The number of ether oxygens (including phenoxy) is 1. The molecule has 0 radical (unpaired) electrons. The van der Waals surface area contributed by atoms with Crippen molar-refractivity contribution in [1.29, 1.82) is 0 Å². The van der Waals surface area contributed by atoms with E-state index in [-0.39, 0.29) is 5.91 Å². The molecule has 0 aliphatic rings. The average Bonchev–Trinajstić information content (AvgIpc) is 3.46. The van der Waals surface area contributed by atoms with Gasteiger partial charge in [0.15, 0.2) is 0 Å². The van der Waals surface area contributed by atoms with E-state index in [9.17, 15) is 4.79 Å². The van der Waals surface area contributed by atoms with Crippen molar-refractivity contribution in [2.45, 2.75) is 6.92 Å². The van der Waals surface area contributed by atoms with Gasteiger partial charge in [-0.1, -0.05) is 18.2 Å². The number of pyridine rings is 1. The molecule has 36 heavy (non-hydrogen) atoms. The van der Waals surface area contributed by atoms with E-state index in [1.54, 1.807) is 30.8 Å². The number of aryl methyl sites for hydroxylation is 1. The van der Waals surface area contributed by atoms with Crippen molar-refractivity contribution in [3.8, 4) is 33.3 Å². The Morgan fingerprint density at radius 3 is 2.67 bits per heavy atom. The predicted octanol–water partition coefficient (Wildman–Crippen LogP) is 6.66. The van der Waals surface area contributed by atoms with E-state index < -0.39 is 0 Å². The van der Waals surface area contributed by atoms with Crippen molar-refractivity contribution in [2.24, 2.45) is 0 Å². The minimum atomic E-state index is -0.169. The standard InChI is InChI=1S/C28H23N5O2S/c1-18-16-21(32-26(34)20-7-3-6-19(17-20)25-9-5-15-36-25)10-11-24(18)35-27-22(8-4-13-30-27)23-12-14-31-28(29-2)33-23/h3-17H,1-2H3,(H,32,34)(H,29,31,33). The summed E-state index contributed by atoms with van der Waals surface area (Å²) in [5.41, 5.74) is 4.61. The molecule has 0 atom stereocenters. The molecule has 2 N–H and O–H groups in total. The summed E-state index contributed by atoms with van der Waals surface area (Å²) in [5, 5.41) is 7.95. The fourth-order valence-electron chi connectivity index (χ4n) is 3.70. The van der Waals surface area contributed by atoms with Crippen molar-refractivity contribution in [3.63, 3.8) is 0 Å². The van der Waals surface area contributed by atoms with Gasteiger partial charge < -0.3 is 15.4 Å². The van der Waals surface area contributed by atoms with E-state index in [4.69, 9.17) is 4.74 Å². The van der Waals surface area contributed by atoms with Crippen LogP contribution < -0.4 is 15.4 Å². The van der Waals surface area contributed by atoms with Crippen LogP contribution in [0.2, 0.25) is 0 Å². The van der Waals surface area contributed by atoms with Crippen LogP contribution in [0.3, 0.4) is 0 Å². The Bertz CT molecular complexity index is 1520. The van der Waals surface area contributed by atoms with E-state index >= 15 is 0 Å². The Morgan fingerprint density at radius 2 is 1.86 bits per heavy atom. The summed E-state index contributed by atoms with van der Waals surface area (Å²) in [4.78, 5) is 27.1. The number of carbonyl (C=O) groups is 1. The third-order valence-electron chi connectivity index (χ3n) is 5.50. The normalized spacial score (nSPS) is 10.6. The fraction of sp³-hybridized carbons (Fsp3) is 0.0714. The van der Waals surface area contributed by atoms with E-state index in [2.05, 4.69) is 25.6 Å². The van der Waals surface area contributed by atoms with Crippen molar-refractivity contribution < 1.29 is 9.53 Å². The highest BCUT2D eigenvalue weighted by atomic mass is 32.1. The number of hydrogen-bond acceptors (Lipinski definition) is 7. The number of rotatable bonds is 7. The lowest BCUT2D eigenvalue weighted by molar-refractivity contribution is 0.102. The summed E-state index contributed by atoms with van der Waals surface area (Å²) in [6, 6.07) is 22.7. The second-order valence-electron chi connectivity index (χ2n) is 7.97. The van der Waals surface area contributed by atoms with Gasteiger partial charge in [0, 0.05) is 35.6 Å². The van der Waals surface area contributed by atoms with Crippen LogP contribution in [0.1, 0.15) is 15.9 Å². The Morgan fingerprint density at radius 1 is 0.944 bits per heavy atom. The minimum absolute atomic E-state index is 0.169.